The van der Waals surface area contributed by atoms with Gasteiger partial charge in [-0.05, 0) is 6.92 Å². The monoisotopic (exact) mass is 196 g/mol. The third-order valence-electron chi connectivity index (χ3n) is 1.85. The van der Waals surface area contributed by atoms with Crippen molar-refractivity contribution < 1.29 is 9.47 Å². The molecule has 1 aliphatic rings. The van der Waals surface area contributed by atoms with Crippen molar-refractivity contribution in [2.45, 2.75) is 13.0 Å². The van der Waals surface area contributed by atoms with Crippen LogP contribution in [-0.2, 0) is 4.74 Å². The highest BCUT2D eigenvalue weighted by molar-refractivity contribution is 5.29. The van der Waals surface area contributed by atoms with E-state index in [4.69, 9.17) is 15.3 Å². The third-order valence-corrected chi connectivity index (χ3v) is 1.85. The number of aryl methyl sites for hydroxylation is 1. The Kier molecular flexibility index (Phi) is 2.47. The molecular formula is C8H12N4O2. The summed E-state index contributed by atoms with van der Waals surface area (Å²) in [7, 11) is 0. The van der Waals surface area contributed by atoms with Crippen LogP contribution in [0, 0.1) is 6.92 Å². The molecule has 14 heavy (non-hydrogen) atoms. The Morgan fingerprint density at radius 1 is 1.57 bits per heavy atom. The lowest BCUT2D eigenvalue weighted by Crippen LogP contribution is -2.38. The Hall–Kier alpha value is -1.40. The summed E-state index contributed by atoms with van der Waals surface area (Å²) in [6.45, 7) is 3.09. The molecule has 1 aromatic rings. The van der Waals surface area contributed by atoms with Crippen LogP contribution in [0.5, 0.6) is 5.88 Å². The van der Waals surface area contributed by atoms with E-state index in [-0.39, 0.29) is 6.10 Å². The number of anilines is 1. The standard InChI is InChI=1S/C8H12N4O2/c1-5-2-7(11-8(10-5)12-9)14-6-3-13-4-6/h2,6H,3-4,9H2,1H3,(H,10,11,12). The molecular weight excluding hydrogens is 184 g/mol. The van der Waals surface area contributed by atoms with E-state index in [1.807, 2.05) is 6.92 Å². The van der Waals surface area contributed by atoms with E-state index in [2.05, 4.69) is 15.4 Å². The molecule has 76 valence electrons. The Bertz CT molecular complexity index is 327. The van der Waals surface area contributed by atoms with Gasteiger partial charge in [0.25, 0.3) is 0 Å². The molecule has 0 aliphatic carbocycles. The van der Waals surface area contributed by atoms with Gasteiger partial charge in [0.05, 0.1) is 13.2 Å². The van der Waals surface area contributed by atoms with Crippen molar-refractivity contribution in [1.29, 1.82) is 0 Å². The molecule has 0 aromatic carbocycles. The normalized spacial score (nSPS) is 16.1. The second-order valence-electron chi connectivity index (χ2n) is 3.09. The number of aromatic nitrogens is 2. The van der Waals surface area contributed by atoms with E-state index in [1.54, 1.807) is 6.07 Å². The van der Waals surface area contributed by atoms with Gasteiger partial charge in [0.15, 0.2) is 0 Å². The molecule has 0 radical (unpaired) electrons. The molecule has 2 heterocycles. The molecule has 6 heteroatoms. The fourth-order valence-corrected chi connectivity index (χ4v) is 1.12. The molecule has 1 fully saturated rings. The van der Waals surface area contributed by atoms with E-state index in [0.717, 1.165) is 5.69 Å². The van der Waals surface area contributed by atoms with Gasteiger partial charge >= 0.3 is 0 Å². The molecule has 0 bridgehead atoms. The number of hydrogen-bond donors (Lipinski definition) is 2. The van der Waals surface area contributed by atoms with Gasteiger partial charge in [0.1, 0.15) is 6.10 Å². The number of hydrazine groups is 1. The zero-order chi connectivity index (χ0) is 9.97. The highest BCUT2D eigenvalue weighted by Crippen LogP contribution is 2.15. The van der Waals surface area contributed by atoms with Crippen LogP contribution in [0.1, 0.15) is 5.69 Å². The number of nitrogens with zero attached hydrogens (tertiary/aromatic N) is 2. The molecule has 0 atom stereocenters. The number of rotatable bonds is 3. The van der Waals surface area contributed by atoms with Crippen molar-refractivity contribution in [2.24, 2.45) is 5.84 Å². The smallest absolute Gasteiger partial charge is 0.240 e. The van der Waals surface area contributed by atoms with Crippen LogP contribution >= 0.6 is 0 Å². The van der Waals surface area contributed by atoms with Crippen molar-refractivity contribution >= 4 is 5.95 Å². The lowest BCUT2D eigenvalue weighted by atomic mass is 10.3. The zero-order valence-corrected chi connectivity index (χ0v) is 7.86. The summed E-state index contributed by atoms with van der Waals surface area (Å²) in [5.41, 5.74) is 3.19. The van der Waals surface area contributed by atoms with Gasteiger partial charge in [0.2, 0.25) is 11.8 Å². The summed E-state index contributed by atoms with van der Waals surface area (Å²) in [6.07, 6.45) is 0.106. The average molecular weight is 196 g/mol. The second kappa shape index (κ2) is 3.77. The van der Waals surface area contributed by atoms with Gasteiger partial charge in [-0.15, -0.1) is 0 Å². The molecule has 0 spiro atoms. The van der Waals surface area contributed by atoms with Crippen molar-refractivity contribution in [3.63, 3.8) is 0 Å². The number of ether oxygens (including phenoxy) is 2. The number of nitrogen functional groups attached to an aromatic ring is 1. The highest BCUT2D eigenvalue weighted by Gasteiger charge is 2.20. The summed E-state index contributed by atoms with van der Waals surface area (Å²) in [5.74, 6) is 6.10. The van der Waals surface area contributed by atoms with Crippen LogP contribution in [0.2, 0.25) is 0 Å². The van der Waals surface area contributed by atoms with E-state index in [0.29, 0.717) is 25.0 Å². The maximum Gasteiger partial charge on any atom is 0.240 e. The van der Waals surface area contributed by atoms with Gasteiger partial charge in [0, 0.05) is 11.8 Å². The SMILES string of the molecule is Cc1cc(OC2COC2)nc(NN)n1. The maximum atomic E-state index is 5.50. The summed E-state index contributed by atoms with van der Waals surface area (Å²) in [5, 5.41) is 0. The van der Waals surface area contributed by atoms with Gasteiger partial charge in [-0.25, -0.2) is 10.8 Å². The Labute approximate surface area is 81.4 Å². The molecule has 1 aliphatic heterocycles. The first-order chi connectivity index (χ1) is 6.78. The minimum atomic E-state index is 0.106. The average Bonchev–Trinajstić information content (AvgIpc) is 2.10. The van der Waals surface area contributed by atoms with Crippen molar-refractivity contribution in [1.82, 2.24) is 9.97 Å². The van der Waals surface area contributed by atoms with E-state index in [1.165, 1.54) is 0 Å². The summed E-state index contributed by atoms with van der Waals surface area (Å²) >= 11 is 0. The van der Waals surface area contributed by atoms with Crippen LogP contribution in [0.25, 0.3) is 0 Å². The topological polar surface area (TPSA) is 82.3 Å². The Balaban J connectivity index is 2.11. The molecule has 0 saturated carbocycles. The first-order valence-corrected chi connectivity index (χ1v) is 4.34. The predicted octanol–water partition coefficient (Wildman–Crippen LogP) is -0.152. The van der Waals surface area contributed by atoms with E-state index >= 15 is 0 Å². The van der Waals surface area contributed by atoms with Gasteiger partial charge in [-0.1, -0.05) is 0 Å². The highest BCUT2D eigenvalue weighted by atomic mass is 16.6. The first-order valence-electron chi connectivity index (χ1n) is 4.34. The summed E-state index contributed by atoms with van der Waals surface area (Å²) in [6, 6.07) is 1.76. The van der Waals surface area contributed by atoms with E-state index in [9.17, 15) is 0 Å². The van der Waals surface area contributed by atoms with E-state index < -0.39 is 0 Å². The first kappa shape index (κ1) is 9.17. The molecule has 3 N–H and O–H groups in total. The van der Waals surface area contributed by atoms with Gasteiger partial charge in [-0.3, -0.25) is 5.43 Å². The van der Waals surface area contributed by atoms with Crippen molar-refractivity contribution in [3.8, 4) is 5.88 Å². The minimum Gasteiger partial charge on any atom is -0.469 e. The zero-order valence-electron chi connectivity index (χ0n) is 7.86. The lowest BCUT2D eigenvalue weighted by molar-refractivity contribution is -0.0813. The summed E-state index contributed by atoms with van der Waals surface area (Å²) in [4.78, 5) is 8.09. The number of nitrogens with two attached hydrogens (primary N) is 1. The number of hydrogen-bond acceptors (Lipinski definition) is 6. The quantitative estimate of drug-likeness (QED) is 0.516. The number of nitrogens with one attached hydrogen (secondary N) is 1. The third kappa shape index (κ3) is 1.91. The van der Waals surface area contributed by atoms with Crippen molar-refractivity contribution in [2.75, 3.05) is 18.6 Å². The van der Waals surface area contributed by atoms with Gasteiger partial charge < -0.3 is 9.47 Å². The van der Waals surface area contributed by atoms with Crippen LogP contribution in [0.15, 0.2) is 6.07 Å². The summed E-state index contributed by atoms with van der Waals surface area (Å²) < 4.78 is 10.5. The molecule has 1 aromatic heterocycles. The fourth-order valence-electron chi connectivity index (χ4n) is 1.12. The molecule has 0 unspecified atom stereocenters. The lowest BCUT2D eigenvalue weighted by Gasteiger charge is -2.26. The Morgan fingerprint density at radius 3 is 2.93 bits per heavy atom. The van der Waals surface area contributed by atoms with Crippen LogP contribution in [0.4, 0.5) is 5.95 Å². The fraction of sp³-hybridized carbons (Fsp3) is 0.500. The van der Waals surface area contributed by atoms with Crippen LogP contribution < -0.4 is 16.0 Å². The largest absolute Gasteiger partial charge is 0.469 e. The van der Waals surface area contributed by atoms with Gasteiger partial charge in [-0.2, -0.15) is 4.98 Å². The second-order valence-corrected chi connectivity index (χ2v) is 3.09. The molecule has 6 nitrogen and oxygen atoms in total. The molecule has 0 amide bonds. The predicted molar refractivity (Wildman–Crippen MR) is 49.8 cm³/mol. The van der Waals surface area contributed by atoms with Crippen molar-refractivity contribution in [3.05, 3.63) is 11.8 Å². The molecule has 2 rings (SSSR count). The Morgan fingerprint density at radius 2 is 2.36 bits per heavy atom. The molecule has 1 saturated heterocycles. The van der Waals surface area contributed by atoms with Crippen LogP contribution in [-0.4, -0.2) is 29.3 Å². The van der Waals surface area contributed by atoms with Crippen LogP contribution in [0.3, 0.4) is 0 Å². The minimum absolute atomic E-state index is 0.106. The maximum absolute atomic E-state index is 5.50.